The topological polar surface area (TPSA) is 168 Å². The summed E-state index contributed by atoms with van der Waals surface area (Å²) in [5.74, 6) is -2.59. The molecule has 0 aromatic heterocycles. The number of aliphatic hydroxyl groups is 1. The van der Waals surface area contributed by atoms with Gasteiger partial charge in [0.25, 0.3) is 11.8 Å². The van der Waals surface area contributed by atoms with E-state index in [0.717, 1.165) is 5.56 Å². The Kier molecular flexibility index (Phi) is 8.00. The van der Waals surface area contributed by atoms with E-state index in [1.807, 2.05) is 6.07 Å². The third kappa shape index (κ3) is 6.14. The van der Waals surface area contributed by atoms with E-state index in [9.17, 15) is 29.1 Å². The predicted octanol–water partition coefficient (Wildman–Crippen LogP) is 0.421. The first-order chi connectivity index (χ1) is 18.2. The molecule has 4 N–H and O–H groups in total. The minimum atomic E-state index is -1.06. The van der Waals surface area contributed by atoms with E-state index in [4.69, 9.17) is 9.84 Å². The van der Waals surface area contributed by atoms with E-state index in [1.165, 1.54) is 9.80 Å². The molecule has 0 saturated heterocycles. The number of anilines is 1. The van der Waals surface area contributed by atoms with Crippen molar-refractivity contribution < 1.29 is 43.9 Å². The summed E-state index contributed by atoms with van der Waals surface area (Å²) in [5.41, 5.74) is 1.96. The maximum Gasteiger partial charge on any atom is 0.412 e. The van der Waals surface area contributed by atoms with Gasteiger partial charge in [-0.1, -0.05) is 36.4 Å². The molecule has 1 unspecified atom stereocenters. The van der Waals surface area contributed by atoms with Crippen LogP contribution in [0.2, 0.25) is 0 Å². The van der Waals surface area contributed by atoms with Crippen molar-refractivity contribution in [2.75, 3.05) is 18.5 Å². The van der Waals surface area contributed by atoms with Crippen molar-refractivity contribution >= 4 is 41.4 Å². The lowest BCUT2D eigenvalue weighted by atomic mass is 10.1. The molecule has 0 bridgehead atoms. The van der Waals surface area contributed by atoms with Crippen LogP contribution in [0, 0.1) is 0 Å². The normalized spacial score (nSPS) is 16.5. The van der Waals surface area contributed by atoms with Gasteiger partial charge in [-0.2, -0.15) is 0 Å². The molecule has 2 heterocycles. The maximum absolute atomic E-state index is 13.0. The number of aliphatic hydroxyl groups excluding tert-OH is 1. The number of nitrogens with one attached hydrogen (secondary N) is 2. The van der Waals surface area contributed by atoms with Crippen molar-refractivity contribution in [3.8, 4) is 0 Å². The van der Waals surface area contributed by atoms with Crippen LogP contribution in [0.5, 0.6) is 0 Å². The lowest BCUT2D eigenvalue weighted by Crippen LogP contribution is -2.82. The zero-order valence-electron chi connectivity index (χ0n) is 20.4. The van der Waals surface area contributed by atoms with Gasteiger partial charge in [0, 0.05) is 36.4 Å². The molecule has 0 fully saturated rings. The quantitative estimate of drug-likeness (QED) is 0.367. The number of carboxylic acids is 1. The van der Waals surface area contributed by atoms with Gasteiger partial charge in [-0.25, -0.2) is 9.59 Å². The molecule has 12 heteroatoms. The third-order valence-corrected chi connectivity index (χ3v) is 6.33. The Morgan fingerprint density at radius 1 is 1.11 bits per heavy atom. The predicted molar refractivity (Wildman–Crippen MR) is 132 cm³/mol. The molecule has 2 aliphatic heterocycles. The maximum atomic E-state index is 13.0. The molecule has 0 aliphatic carbocycles. The van der Waals surface area contributed by atoms with Crippen LogP contribution in [0.1, 0.15) is 40.7 Å². The van der Waals surface area contributed by atoms with Gasteiger partial charge >= 0.3 is 23.9 Å². The molecule has 0 saturated carbocycles. The highest BCUT2D eigenvalue weighted by atomic mass is 16.6. The fraction of sp³-hybridized carbons (Fsp3) is 0.308. The molecule has 1 atom stereocenters. The minimum absolute atomic E-state index is 0.0519. The second kappa shape index (κ2) is 11.5. The fourth-order valence-corrected chi connectivity index (χ4v) is 4.41. The molecule has 4 rings (SSSR count). The number of benzene rings is 2. The lowest BCUT2D eigenvalue weighted by molar-refractivity contribution is -0.394. The van der Waals surface area contributed by atoms with Crippen LogP contribution in [0.25, 0.3) is 0 Å². The van der Waals surface area contributed by atoms with Gasteiger partial charge in [-0.3, -0.25) is 19.7 Å². The Bertz CT molecular complexity index is 1290. The number of aliphatic carboxylic acids is 1. The Morgan fingerprint density at radius 3 is 2.58 bits per heavy atom. The fourth-order valence-electron chi connectivity index (χ4n) is 4.41. The van der Waals surface area contributed by atoms with Crippen LogP contribution >= 0.6 is 0 Å². The first-order valence-corrected chi connectivity index (χ1v) is 12.0. The highest BCUT2D eigenvalue weighted by Gasteiger charge is 2.41. The van der Waals surface area contributed by atoms with Gasteiger partial charge in [-0.15, -0.1) is 4.99 Å². The SMILES string of the molecule is O=C(O)CCN(Cc1ccccc1)C(=O)COC(=O)Nc1cccc2c1CN(C1CCC(=O)[NH+]=C1O)C2=O. The number of hydrogen-bond acceptors (Lipinski definition) is 6. The molecule has 198 valence electrons. The van der Waals surface area contributed by atoms with E-state index in [0.29, 0.717) is 16.8 Å². The average molecular weight is 524 g/mol. The second-order valence-electron chi connectivity index (χ2n) is 8.90. The van der Waals surface area contributed by atoms with Gasteiger partial charge in [0.05, 0.1) is 12.8 Å². The molecule has 4 amide bonds. The zero-order chi connectivity index (χ0) is 27.2. The number of carbonyl (C=O) groups is 5. The summed E-state index contributed by atoms with van der Waals surface area (Å²) in [6.45, 7) is -0.408. The Hall–Kier alpha value is -4.74. The van der Waals surface area contributed by atoms with E-state index >= 15 is 0 Å². The van der Waals surface area contributed by atoms with Crippen LogP contribution in [0.3, 0.4) is 0 Å². The number of amides is 4. The van der Waals surface area contributed by atoms with Gasteiger partial charge in [0.2, 0.25) is 0 Å². The van der Waals surface area contributed by atoms with Gasteiger partial charge in [0.15, 0.2) is 12.6 Å². The van der Waals surface area contributed by atoms with Crippen LogP contribution in [-0.2, 0) is 32.2 Å². The van der Waals surface area contributed by atoms with Crippen molar-refractivity contribution in [3.63, 3.8) is 0 Å². The van der Waals surface area contributed by atoms with Crippen molar-refractivity contribution in [1.29, 1.82) is 0 Å². The van der Waals surface area contributed by atoms with Gasteiger partial charge < -0.3 is 24.7 Å². The third-order valence-electron chi connectivity index (χ3n) is 6.33. The first kappa shape index (κ1) is 26.3. The molecule has 2 aromatic rings. The first-order valence-electron chi connectivity index (χ1n) is 12.0. The standard InChI is InChI=1S/C26H26N4O8/c31-21-10-9-20(24(35)28-21)30-14-18-17(25(30)36)7-4-8-19(18)27-26(37)38-15-22(32)29(12-11-23(33)34)13-16-5-2-1-3-6-16/h1-8,20H,9-15H2,(H,27,37)(H,33,34)(H,28,31,35)/p+1. The lowest BCUT2D eigenvalue weighted by Gasteiger charge is -2.24. The monoisotopic (exact) mass is 523 g/mol. The van der Waals surface area contributed by atoms with Crippen LogP contribution < -0.4 is 10.3 Å². The second-order valence-corrected chi connectivity index (χ2v) is 8.90. The Labute approximate surface area is 217 Å². The Balaban J connectivity index is 1.39. The summed E-state index contributed by atoms with van der Waals surface area (Å²) in [6, 6.07) is 13.1. The molecular formula is C26H27N4O8+. The highest BCUT2D eigenvalue weighted by molar-refractivity contribution is 6.03. The molecular weight excluding hydrogens is 496 g/mol. The molecule has 2 aliphatic rings. The van der Waals surface area contributed by atoms with E-state index in [1.54, 1.807) is 42.5 Å². The smallest absolute Gasteiger partial charge is 0.412 e. The van der Waals surface area contributed by atoms with Crippen LogP contribution in [0.15, 0.2) is 48.5 Å². The number of carboxylic acid groups (broad SMARTS) is 1. The summed E-state index contributed by atoms with van der Waals surface area (Å²) >= 11 is 0. The summed E-state index contributed by atoms with van der Waals surface area (Å²) in [5, 5.41) is 21.7. The number of fused-ring (bicyclic) bond motifs is 1. The molecule has 38 heavy (non-hydrogen) atoms. The highest BCUT2D eigenvalue weighted by Crippen LogP contribution is 2.31. The number of ether oxygens (including phenoxy) is 1. The molecule has 0 spiro atoms. The van der Waals surface area contributed by atoms with Crippen molar-refractivity contribution in [2.45, 2.75) is 38.4 Å². The van der Waals surface area contributed by atoms with Crippen molar-refractivity contribution in [1.82, 2.24) is 9.80 Å². The van der Waals surface area contributed by atoms with E-state index < -0.39 is 30.6 Å². The summed E-state index contributed by atoms with van der Waals surface area (Å²) < 4.78 is 5.11. The number of carbonyl (C=O) groups excluding carboxylic acids is 4. The molecule has 12 nitrogen and oxygen atoms in total. The van der Waals surface area contributed by atoms with E-state index in [-0.39, 0.29) is 56.6 Å². The largest absolute Gasteiger partial charge is 0.481 e. The summed E-state index contributed by atoms with van der Waals surface area (Å²) in [4.78, 5) is 65.8. The number of hydrogen-bond donors (Lipinski definition) is 4. The summed E-state index contributed by atoms with van der Waals surface area (Å²) in [7, 11) is 0. The average Bonchev–Trinajstić information content (AvgIpc) is 3.22. The Morgan fingerprint density at radius 2 is 1.87 bits per heavy atom. The molecule has 2 aromatic carbocycles. The number of rotatable bonds is 9. The van der Waals surface area contributed by atoms with Crippen molar-refractivity contribution in [3.05, 3.63) is 65.2 Å². The minimum Gasteiger partial charge on any atom is -0.481 e. The van der Waals surface area contributed by atoms with Crippen LogP contribution in [0.4, 0.5) is 10.5 Å². The molecule has 0 radical (unpaired) electrons. The summed E-state index contributed by atoms with van der Waals surface area (Å²) in [6.07, 6.45) is -0.752. The van der Waals surface area contributed by atoms with Crippen LogP contribution in [-0.4, -0.2) is 74.9 Å². The number of nitrogens with zero attached hydrogens (tertiary/aromatic N) is 2. The van der Waals surface area contributed by atoms with Crippen molar-refractivity contribution in [2.24, 2.45) is 0 Å². The van der Waals surface area contributed by atoms with Gasteiger partial charge in [0.1, 0.15) is 0 Å². The van der Waals surface area contributed by atoms with E-state index in [2.05, 4.69) is 10.3 Å². The zero-order valence-corrected chi connectivity index (χ0v) is 20.4. The van der Waals surface area contributed by atoms with Gasteiger partial charge in [-0.05, 0) is 24.1 Å².